The van der Waals surface area contributed by atoms with E-state index in [-0.39, 0.29) is 24.4 Å². The second-order valence-electron chi connectivity index (χ2n) is 8.74. The number of benzene rings is 1. The highest BCUT2D eigenvalue weighted by Crippen LogP contribution is 2.36. The lowest BCUT2D eigenvalue weighted by atomic mass is 9.79. The van der Waals surface area contributed by atoms with E-state index in [2.05, 4.69) is 32.7 Å². The summed E-state index contributed by atoms with van der Waals surface area (Å²) in [6.07, 6.45) is 5.98. The lowest BCUT2D eigenvalue weighted by Gasteiger charge is -2.32. The number of H-pyrrole nitrogens is 1. The Balaban J connectivity index is 1.51. The summed E-state index contributed by atoms with van der Waals surface area (Å²) in [5.74, 6) is 0.858. The second kappa shape index (κ2) is 7.05. The number of likely N-dealkylation sites (tertiary alicyclic amines) is 1. The van der Waals surface area contributed by atoms with E-state index in [4.69, 9.17) is 14.3 Å². The number of nitrogens with zero attached hydrogens (tertiary/aromatic N) is 2. The minimum atomic E-state index is -0.364. The minimum absolute atomic E-state index is 0.0454. The summed E-state index contributed by atoms with van der Waals surface area (Å²) in [5.41, 5.74) is 2.20. The molecule has 0 spiro atoms. The van der Waals surface area contributed by atoms with Crippen molar-refractivity contribution < 1.29 is 14.1 Å². The van der Waals surface area contributed by atoms with Crippen LogP contribution < -0.4 is 5.46 Å². The van der Waals surface area contributed by atoms with Crippen LogP contribution >= 0.6 is 0 Å². The number of amides is 1. The van der Waals surface area contributed by atoms with Crippen LogP contribution in [0.15, 0.2) is 30.5 Å². The molecule has 2 saturated heterocycles. The third-order valence-corrected chi connectivity index (χ3v) is 6.32. The first-order valence-electron chi connectivity index (χ1n) is 10.0. The van der Waals surface area contributed by atoms with Gasteiger partial charge in [-0.1, -0.05) is 24.3 Å². The van der Waals surface area contributed by atoms with Crippen molar-refractivity contribution in [1.29, 1.82) is 0 Å². The van der Waals surface area contributed by atoms with E-state index in [9.17, 15) is 4.79 Å². The van der Waals surface area contributed by atoms with Crippen molar-refractivity contribution >= 4 is 19.0 Å². The zero-order chi connectivity index (χ0) is 19.9. The van der Waals surface area contributed by atoms with E-state index in [0.29, 0.717) is 0 Å². The molecule has 0 aliphatic carbocycles. The normalized spacial score (nSPS) is 23.8. The smallest absolute Gasteiger partial charge is 0.399 e. The maximum absolute atomic E-state index is 11.3. The number of aromatic nitrogens is 2. The van der Waals surface area contributed by atoms with Gasteiger partial charge in [0.2, 0.25) is 6.41 Å². The molecule has 1 aromatic heterocycles. The van der Waals surface area contributed by atoms with Crippen molar-refractivity contribution in [1.82, 2.24) is 14.9 Å². The molecule has 2 fully saturated rings. The second-order valence-corrected chi connectivity index (χ2v) is 8.74. The van der Waals surface area contributed by atoms with E-state index in [1.54, 1.807) is 0 Å². The van der Waals surface area contributed by atoms with E-state index in [1.807, 2.05) is 35.4 Å². The van der Waals surface area contributed by atoms with Crippen LogP contribution in [0.25, 0.3) is 11.3 Å². The van der Waals surface area contributed by atoms with Crippen LogP contribution in [-0.2, 0) is 14.1 Å². The van der Waals surface area contributed by atoms with Crippen molar-refractivity contribution in [2.45, 2.75) is 64.2 Å². The molecule has 1 amide bonds. The zero-order valence-corrected chi connectivity index (χ0v) is 17.1. The molecule has 7 heteroatoms. The molecule has 148 valence electrons. The number of imidazole rings is 1. The first kappa shape index (κ1) is 19.2. The largest absolute Gasteiger partial charge is 0.494 e. The summed E-state index contributed by atoms with van der Waals surface area (Å²) in [6.45, 7) is 9.02. The molecule has 1 unspecified atom stereocenters. The highest BCUT2D eigenvalue weighted by molar-refractivity contribution is 6.62. The number of hydrogen-bond acceptors (Lipinski definition) is 4. The molecular formula is C21H28BN3O3. The number of carbonyl (C=O) groups is 1. The highest BCUT2D eigenvalue weighted by Gasteiger charge is 2.51. The van der Waals surface area contributed by atoms with Gasteiger partial charge in [-0.25, -0.2) is 4.98 Å². The van der Waals surface area contributed by atoms with Crippen LogP contribution in [-0.4, -0.2) is 46.1 Å². The van der Waals surface area contributed by atoms with Gasteiger partial charge in [0.1, 0.15) is 5.82 Å². The van der Waals surface area contributed by atoms with Gasteiger partial charge in [0, 0.05) is 18.3 Å². The Morgan fingerprint density at radius 1 is 1.14 bits per heavy atom. The topological polar surface area (TPSA) is 67.5 Å². The number of hydrogen-bond donors (Lipinski definition) is 1. The summed E-state index contributed by atoms with van der Waals surface area (Å²) in [5, 5.41) is 0. The van der Waals surface area contributed by atoms with Crippen LogP contribution in [0.2, 0.25) is 0 Å². The van der Waals surface area contributed by atoms with Gasteiger partial charge in [-0.15, -0.1) is 0 Å². The van der Waals surface area contributed by atoms with Gasteiger partial charge in [0.15, 0.2) is 0 Å². The van der Waals surface area contributed by atoms with Gasteiger partial charge in [-0.05, 0) is 52.4 Å². The lowest BCUT2D eigenvalue weighted by Crippen LogP contribution is -2.41. The maximum Gasteiger partial charge on any atom is 0.494 e. The van der Waals surface area contributed by atoms with Crippen LogP contribution in [0.4, 0.5) is 0 Å². The molecular weight excluding hydrogens is 353 g/mol. The fourth-order valence-corrected chi connectivity index (χ4v) is 3.82. The van der Waals surface area contributed by atoms with Crippen molar-refractivity contribution in [3.05, 3.63) is 36.3 Å². The molecule has 2 aliphatic rings. The molecule has 0 saturated carbocycles. The maximum atomic E-state index is 11.3. The fraction of sp³-hybridized carbons (Fsp3) is 0.524. The van der Waals surface area contributed by atoms with Crippen LogP contribution in [0.5, 0.6) is 0 Å². The lowest BCUT2D eigenvalue weighted by molar-refractivity contribution is -0.121. The summed E-state index contributed by atoms with van der Waals surface area (Å²) in [4.78, 5) is 21.2. The van der Waals surface area contributed by atoms with Gasteiger partial charge in [-0.3, -0.25) is 4.79 Å². The van der Waals surface area contributed by atoms with Crippen LogP contribution in [0.3, 0.4) is 0 Å². The number of nitrogens with one attached hydrogen (secondary N) is 1. The van der Waals surface area contributed by atoms with E-state index < -0.39 is 0 Å². The van der Waals surface area contributed by atoms with E-state index >= 15 is 0 Å². The summed E-state index contributed by atoms with van der Waals surface area (Å²) in [7, 11) is -0.364. The Morgan fingerprint density at radius 3 is 2.46 bits per heavy atom. The van der Waals surface area contributed by atoms with Gasteiger partial charge in [-0.2, -0.15) is 0 Å². The Labute approximate surface area is 166 Å². The van der Waals surface area contributed by atoms with Gasteiger partial charge < -0.3 is 19.2 Å². The summed E-state index contributed by atoms with van der Waals surface area (Å²) < 4.78 is 12.2. The monoisotopic (exact) mass is 381 g/mol. The first-order chi connectivity index (χ1) is 13.3. The number of rotatable bonds is 4. The van der Waals surface area contributed by atoms with Crippen LogP contribution in [0.1, 0.15) is 58.8 Å². The molecule has 6 nitrogen and oxygen atoms in total. The molecule has 1 atom stereocenters. The summed E-state index contributed by atoms with van der Waals surface area (Å²) >= 11 is 0. The van der Waals surface area contributed by atoms with Gasteiger partial charge >= 0.3 is 7.12 Å². The van der Waals surface area contributed by atoms with E-state index in [0.717, 1.165) is 54.8 Å². The average Bonchev–Trinajstić information content (AvgIpc) is 3.24. The Kier molecular flexibility index (Phi) is 4.84. The molecule has 4 rings (SSSR count). The van der Waals surface area contributed by atoms with Crippen LogP contribution in [0, 0.1) is 0 Å². The predicted octanol–water partition coefficient (Wildman–Crippen LogP) is 3.06. The van der Waals surface area contributed by atoms with Gasteiger partial charge in [0.05, 0.1) is 22.9 Å². The minimum Gasteiger partial charge on any atom is -0.399 e. The highest BCUT2D eigenvalue weighted by atomic mass is 16.7. The third-order valence-electron chi connectivity index (χ3n) is 6.32. The number of piperidine rings is 1. The molecule has 2 aromatic rings. The standard InChI is InChI=1S/C21H28BN3O3/c1-20(2)21(3,4)28-22(27-20)16-10-8-15(9-11-16)17-13-23-19(24-17)18-7-5-6-12-25(18)14-26/h8-11,13-14,18H,5-7,12H2,1-4H3,(H,23,24). The fourth-order valence-electron chi connectivity index (χ4n) is 3.82. The quantitative estimate of drug-likeness (QED) is 0.653. The molecule has 28 heavy (non-hydrogen) atoms. The average molecular weight is 381 g/mol. The summed E-state index contributed by atoms with van der Waals surface area (Å²) in [6, 6.07) is 8.19. The van der Waals surface area contributed by atoms with Gasteiger partial charge in [0.25, 0.3) is 0 Å². The van der Waals surface area contributed by atoms with E-state index in [1.165, 1.54) is 0 Å². The SMILES string of the molecule is CC1(C)OB(c2ccc(-c3c[nH]c(C4CCCCN4C=O)n3)cc2)OC1(C)C. The van der Waals surface area contributed by atoms with Crippen molar-refractivity contribution in [2.24, 2.45) is 0 Å². The van der Waals surface area contributed by atoms with Crippen molar-refractivity contribution in [3.63, 3.8) is 0 Å². The first-order valence-corrected chi connectivity index (χ1v) is 10.0. The predicted molar refractivity (Wildman–Crippen MR) is 109 cm³/mol. The molecule has 3 heterocycles. The molecule has 1 N–H and O–H groups in total. The Hall–Kier alpha value is -2.12. The molecule has 2 aliphatic heterocycles. The Morgan fingerprint density at radius 2 is 1.82 bits per heavy atom. The zero-order valence-electron chi connectivity index (χ0n) is 17.1. The van der Waals surface area contributed by atoms with Crippen molar-refractivity contribution in [2.75, 3.05) is 6.54 Å². The molecule has 1 aromatic carbocycles. The third kappa shape index (κ3) is 3.37. The molecule has 0 bridgehead atoms. The number of aromatic amines is 1. The number of carbonyl (C=O) groups excluding carboxylic acids is 1. The Bertz CT molecular complexity index is 831. The molecule has 0 radical (unpaired) electrons. The van der Waals surface area contributed by atoms with Crippen molar-refractivity contribution in [3.8, 4) is 11.3 Å².